The van der Waals surface area contributed by atoms with Crippen LogP contribution >= 0.6 is 0 Å². The minimum atomic E-state index is -0.477. The molecule has 4 rings (SSSR count). The van der Waals surface area contributed by atoms with Gasteiger partial charge in [0.15, 0.2) is 6.29 Å². The van der Waals surface area contributed by atoms with Crippen molar-refractivity contribution in [1.29, 1.82) is 5.26 Å². The monoisotopic (exact) mass is 534 g/mol. The van der Waals surface area contributed by atoms with Gasteiger partial charge in [-0.25, -0.2) is 19.6 Å². The number of amides is 2. The molecule has 0 bridgehead atoms. The molecule has 0 spiro atoms. The van der Waals surface area contributed by atoms with Gasteiger partial charge in [-0.2, -0.15) is 5.26 Å². The minimum absolute atomic E-state index is 0.193. The molecule has 2 atom stereocenters. The van der Waals surface area contributed by atoms with Crippen molar-refractivity contribution >= 4 is 29.9 Å². The smallest absolute Gasteiger partial charge is 0.328 e. The van der Waals surface area contributed by atoms with Gasteiger partial charge < -0.3 is 19.1 Å². The largest absolute Gasteiger partial charge is 0.487 e. The summed E-state index contributed by atoms with van der Waals surface area (Å²) in [4.78, 5) is 48.8. The average Bonchev–Trinajstić information content (AvgIpc) is 3.34. The lowest BCUT2D eigenvalue weighted by Crippen LogP contribution is -2.40. The zero-order valence-corrected chi connectivity index (χ0v) is 22.1. The first-order chi connectivity index (χ1) is 18.9. The molecule has 2 amide bonds. The van der Waals surface area contributed by atoms with Gasteiger partial charge in [-0.1, -0.05) is 0 Å². The Hall–Kier alpha value is -4.30. The number of methoxy groups -OCH3 is 2. The van der Waals surface area contributed by atoms with Crippen LogP contribution in [-0.4, -0.2) is 79.3 Å². The summed E-state index contributed by atoms with van der Waals surface area (Å²) in [5.74, 6) is 2.84. The van der Waals surface area contributed by atoms with Gasteiger partial charge in [0.05, 0.1) is 12.8 Å². The summed E-state index contributed by atoms with van der Waals surface area (Å²) in [5.41, 5.74) is 2.32. The summed E-state index contributed by atoms with van der Waals surface area (Å²) < 4.78 is 16.2. The Labute approximate surface area is 226 Å². The highest BCUT2D eigenvalue weighted by molar-refractivity contribution is 6.01. The molecular formula is C27H30N6O6. The van der Waals surface area contributed by atoms with E-state index in [1.54, 1.807) is 21.1 Å². The van der Waals surface area contributed by atoms with E-state index in [1.807, 2.05) is 23.0 Å². The van der Waals surface area contributed by atoms with Crippen molar-refractivity contribution in [3.05, 3.63) is 46.4 Å². The molecule has 2 aromatic heterocycles. The molecule has 1 N–H and O–H groups in total. The molecule has 39 heavy (non-hydrogen) atoms. The van der Waals surface area contributed by atoms with Crippen molar-refractivity contribution in [2.24, 2.45) is 0 Å². The molecule has 1 saturated heterocycles. The zero-order chi connectivity index (χ0) is 27.9. The van der Waals surface area contributed by atoms with E-state index in [0.717, 1.165) is 5.56 Å². The number of nitriles is 1. The second-order valence-electron chi connectivity index (χ2n) is 9.30. The number of anilines is 2. The number of urea groups is 1. The van der Waals surface area contributed by atoms with Gasteiger partial charge in [-0.3, -0.25) is 15.0 Å². The van der Waals surface area contributed by atoms with Crippen molar-refractivity contribution in [3.63, 3.8) is 0 Å². The molecule has 12 heteroatoms. The van der Waals surface area contributed by atoms with Crippen molar-refractivity contribution in [3.8, 4) is 11.8 Å². The Morgan fingerprint density at radius 1 is 1.33 bits per heavy atom. The first-order valence-electron chi connectivity index (χ1n) is 12.6. The third-order valence-electron chi connectivity index (χ3n) is 6.64. The lowest BCUT2D eigenvalue weighted by atomic mass is 10.0. The highest BCUT2D eigenvalue weighted by Crippen LogP contribution is 2.31. The third kappa shape index (κ3) is 6.07. The molecular weight excluding hydrogens is 504 g/mol. The zero-order valence-electron chi connectivity index (χ0n) is 22.1. The molecule has 2 aliphatic rings. The molecule has 4 heterocycles. The lowest BCUT2D eigenvalue weighted by molar-refractivity contribution is 0.0919. The van der Waals surface area contributed by atoms with Gasteiger partial charge in [0.1, 0.15) is 58.6 Å². The Morgan fingerprint density at radius 2 is 2.15 bits per heavy atom. The number of aldehydes is 1. The van der Waals surface area contributed by atoms with E-state index >= 15 is 0 Å². The minimum Gasteiger partial charge on any atom is -0.487 e. The standard InChI is InChI=1S/C27H30N6O6/c1-17(16-37-2)39-24-10-25(29-12-20(24)11-28)31-27(36)33-7-4-5-18-9-19(21(14-34)30-26(18)33)13-32-8-6-23(38-3)22(32)15-35/h9-10,12,14,17,23H,4-8,13,16H2,1-3H3,(H,29,31,36)/t17-,23+/m1/s1. The van der Waals surface area contributed by atoms with E-state index in [9.17, 15) is 19.6 Å². The number of aromatic nitrogens is 2. The molecule has 12 nitrogen and oxygen atoms in total. The van der Waals surface area contributed by atoms with Crippen molar-refractivity contribution < 1.29 is 28.6 Å². The van der Waals surface area contributed by atoms with Crippen LogP contribution in [0.5, 0.6) is 5.75 Å². The highest BCUT2D eigenvalue weighted by atomic mass is 16.5. The maximum atomic E-state index is 13.3. The lowest BCUT2D eigenvalue weighted by Gasteiger charge is -2.29. The number of rotatable bonds is 9. The molecule has 0 aliphatic carbocycles. The number of hydrogen-bond acceptors (Lipinski definition) is 10. The fraction of sp³-hybridized carbons (Fsp3) is 0.444. The second-order valence-corrected chi connectivity index (χ2v) is 9.30. The van der Waals surface area contributed by atoms with Gasteiger partial charge in [-0.05, 0) is 37.8 Å². The molecule has 0 unspecified atom stereocenters. The summed E-state index contributed by atoms with van der Waals surface area (Å²) in [6, 6.07) is 4.91. The van der Waals surface area contributed by atoms with Crippen molar-refractivity contribution in [1.82, 2.24) is 14.9 Å². The number of nitrogens with zero attached hydrogens (tertiary/aromatic N) is 5. The Morgan fingerprint density at radius 3 is 2.85 bits per heavy atom. The Bertz CT molecular complexity index is 1330. The van der Waals surface area contributed by atoms with Crippen molar-refractivity contribution in [2.75, 3.05) is 44.1 Å². The van der Waals surface area contributed by atoms with E-state index in [1.165, 1.54) is 17.2 Å². The first kappa shape index (κ1) is 27.7. The van der Waals surface area contributed by atoms with Crippen LogP contribution in [0, 0.1) is 11.3 Å². The van der Waals surface area contributed by atoms with E-state index < -0.39 is 6.03 Å². The molecule has 2 aromatic rings. The maximum absolute atomic E-state index is 13.3. The van der Waals surface area contributed by atoms with Gasteiger partial charge in [-0.15, -0.1) is 0 Å². The molecule has 1 fully saturated rings. The number of aryl methyl sites for hydroxylation is 1. The number of nitrogens with one attached hydrogen (secondary N) is 1. The second kappa shape index (κ2) is 12.5. The van der Waals surface area contributed by atoms with E-state index in [4.69, 9.17) is 14.2 Å². The number of likely N-dealkylation sites (tertiary alicyclic amines) is 1. The third-order valence-corrected chi connectivity index (χ3v) is 6.64. The average molecular weight is 535 g/mol. The summed E-state index contributed by atoms with van der Waals surface area (Å²) >= 11 is 0. The number of hydrogen-bond donors (Lipinski definition) is 1. The van der Waals surface area contributed by atoms with Gasteiger partial charge >= 0.3 is 6.03 Å². The normalized spacial score (nSPS) is 17.2. The topological polar surface area (TPSA) is 147 Å². The van der Waals surface area contributed by atoms with Crippen LogP contribution in [0.25, 0.3) is 0 Å². The molecule has 204 valence electrons. The van der Waals surface area contributed by atoms with Crippen LogP contribution in [0.15, 0.2) is 24.0 Å². The predicted molar refractivity (Wildman–Crippen MR) is 140 cm³/mol. The summed E-state index contributed by atoms with van der Waals surface area (Å²) in [7, 11) is 3.10. The number of ether oxygens (including phenoxy) is 3. The van der Waals surface area contributed by atoms with Gasteiger partial charge in [0.2, 0.25) is 0 Å². The van der Waals surface area contributed by atoms with Crippen LogP contribution in [0.3, 0.4) is 0 Å². The number of fused-ring (bicyclic) bond motifs is 1. The van der Waals surface area contributed by atoms with E-state index in [2.05, 4.69) is 15.3 Å². The SMILES string of the molecule is COC[C@@H](C)Oc1cc(NC(=O)N2CCCc3cc(CN4CC[C@H](OC)C4=C=O)c(C=O)nc32)ncc1C#N. The van der Waals surface area contributed by atoms with Crippen molar-refractivity contribution in [2.45, 2.75) is 44.9 Å². The number of pyridine rings is 2. The summed E-state index contributed by atoms with van der Waals surface area (Å²) in [6.45, 7) is 3.43. The summed E-state index contributed by atoms with van der Waals surface area (Å²) in [6.07, 6.45) is 3.38. The molecule has 0 radical (unpaired) electrons. The van der Waals surface area contributed by atoms with E-state index in [-0.39, 0.29) is 35.0 Å². The van der Waals surface area contributed by atoms with Crippen LogP contribution in [0.1, 0.15) is 46.9 Å². The fourth-order valence-electron chi connectivity index (χ4n) is 4.80. The van der Waals surface area contributed by atoms with Crippen LogP contribution in [0.4, 0.5) is 16.4 Å². The molecule has 0 aromatic carbocycles. The first-order valence-corrected chi connectivity index (χ1v) is 12.6. The highest BCUT2D eigenvalue weighted by Gasteiger charge is 2.31. The predicted octanol–water partition coefficient (Wildman–Crippen LogP) is 2.50. The van der Waals surface area contributed by atoms with Gasteiger partial charge in [0, 0.05) is 45.5 Å². The summed E-state index contributed by atoms with van der Waals surface area (Å²) in [5, 5.41) is 12.1. The fourth-order valence-corrected chi connectivity index (χ4v) is 4.80. The van der Waals surface area contributed by atoms with Crippen LogP contribution in [0.2, 0.25) is 0 Å². The Balaban J connectivity index is 1.55. The maximum Gasteiger partial charge on any atom is 0.328 e. The molecule has 2 aliphatic heterocycles. The number of carbonyl (C=O) groups is 2. The Kier molecular flexibility index (Phi) is 8.88. The quantitative estimate of drug-likeness (QED) is 0.376. The number of carbonyl (C=O) groups excluding carboxylic acids is 3. The van der Waals surface area contributed by atoms with Crippen LogP contribution < -0.4 is 15.0 Å². The van der Waals surface area contributed by atoms with E-state index in [0.29, 0.717) is 68.9 Å². The van der Waals surface area contributed by atoms with Crippen LogP contribution in [-0.2, 0) is 27.2 Å². The van der Waals surface area contributed by atoms with Gasteiger partial charge in [0.25, 0.3) is 0 Å². The molecule has 0 saturated carbocycles.